The normalized spacial score (nSPS) is 11.1. The Morgan fingerprint density at radius 3 is 2.15 bits per heavy atom. The van der Waals surface area contributed by atoms with E-state index in [1.165, 1.54) is 5.56 Å². The molecule has 1 aromatic heterocycles. The van der Waals surface area contributed by atoms with Gasteiger partial charge in [0.2, 0.25) is 5.43 Å². The zero-order chi connectivity index (χ0) is 23.4. The fraction of sp³-hybridized carbons (Fsp3) is 0.185. The van der Waals surface area contributed by atoms with Crippen LogP contribution in [-0.4, -0.2) is 15.6 Å². The molecule has 0 spiro atoms. The Kier molecular flexibility index (Phi) is 6.80. The number of hydrogen-bond donors (Lipinski definition) is 2. The SMILES string of the molecule is Nc1c(C(=O)O)c(=O)c2cc(CCCCc3ccccc3)c(Cl)cc2n1Cc1ccccc1. The fourth-order valence-corrected chi connectivity index (χ4v) is 4.40. The molecule has 5 nitrogen and oxygen atoms in total. The van der Waals surface area contributed by atoms with Crippen LogP contribution < -0.4 is 11.2 Å². The summed E-state index contributed by atoms with van der Waals surface area (Å²) in [4.78, 5) is 24.9. The second-order valence-corrected chi connectivity index (χ2v) is 8.53. The van der Waals surface area contributed by atoms with Crippen LogP contribution in [0.5, 0.6) is 0 Å². The van der Waals surface area contributed by atoms with E-state index in [2.05, 4.69) is 12.1 Å². The summed E-state index contributed by atoms with van der Waals surface area (Å²) < 4.78 is 1.65. The molecule has 0 fully saturated rings. The van der Waals surface area contributed by atoms with Crippen molar-refractivity contribution in [2.75, 3.05) is 5.73 Å². The molecule has 0 amide bonds. The van der Waals surface area contributed by atoms with Crippen LogP contribution in [0.3, 0.4) is 0 Å². The number of carboxylic acid groups (broad SMARTS) is 1. The minimum atomic E-state index is -1.33. The van der Waals surface area contributed by atoms with E-state index >= 15 is 0 Å². The number of aromatic nitrogens is 1. The average Bonchev–Trinajstić information content (AvgIpc) is 2.81. The lowest BCUT2D eigenvalue weighted by Gasteiger charge is -2.18. The number of hydrogen-bond acceptors (Lipinski definition) is 3. The van der Waals surface area contributed by atoms with Crippen molar-refractivity contribution in [1.82, 2.24) is 4.57 Å². The van der Waals surface area contributed by atoms with E-state index in [0.29, 0.717) is 28.9 Å². The highest BCUT2D eigenvalue weighted by Crippen LogP contribution is 2.27. The lowest BCUT2D eigenvalue weighted by Crippen LogP contribution is -2.24. The molecule has 3 aromatic carbocycles. The van der Waals surface area contributed by atoms with Crippen LogP contribution in [-0.2, 0) is 19.4 Å². The van der Waals surface area contributed by atoms with Gasteiger partial charge in [-0.15, -0.1) is 0 Å². The molecule has 0 aliphatic carbocycles. The van der Waals surface area contributed by atoms with Gasteiger partial charge in [0.25, 0.3) is 0 Å². The van der Waals surface area contributed by atoms with Gasteiger partial charge in [0.1, 0.15) is 11.4 Å². The van der Waals surface area contributed by atoms with E-state index in [1.807, 2.05) is 48.5 Å². The third-order valence-electron chi connectivity index (χ3n) is 5.88. The van der Waals surface area contributed by atoms with Crippen LogP contribution >= 0.6 is 11.6 Å². The molecule has 0 radical (unpaired) electrons. The molecule has 0 saturated carbocycles. The largest absolute Gasteiger partial charge is 0.477 e. The zero-order valence-corrected chi connectivity index (χ0v) is 18.9. The number of pyridine rings is 1. The molecule has 0 bridgehead atoms. The van der Waals surface area contributed by atoms with Crippen LogP contribution in [0.25, 0.3) is 10.9 Å². The number of carboxylic acids is 1. The Morgan fingerprint density at radius 2 is 1.52 bits per heavy atom. The lowest BCUT2D eigenvalue weighted by molar-refractivity contribution is 0.0696. The Labute approximate surface area is 197 Å². The molecule has 4 rings (SSSR count). The zero-order valence-electron chi connectivity index (χ0n) is 18.1. The van der Waals surface area contributed by atoms with Gasteiger partial charge in [-0.2, -0.15) is 0 Å². The molecule has 3 N–H and O–H groups in total. The molecule has 0 saturated heterocycles. The van der Waals surface area contributed by atoms with Crippen LogP contribution in [0.1, 0.15) is 39.9 Å². The van der Waals surface area contributed by atoms with Crippen molar-refractivity contribution in [3.8, 4) is 0 Å². The molecule has 0 unspecified atom stereocenters. The molecule has 0 atom stereocenters. The van der Waals surface area contributed by atoms with Gasteiger partial charge < -0.3 is 15.4 Å². The van der Waals surface area contributed by atoms with E-state index in [0.717, 1.165) is 30.4 Å². The van der Waals surface area contributed by atoms with Gasteiger partial charge in [0.05, 0.1) is 5.52 Å². The summed E-state index contributed by atoms with van der Waals surface area (Å²) in [6.07, 6.45) is 3.56. The number of rotatable bonds is 8. The molecular weight excluding hydrogens is 436 g/mol. The van der Waals surface area contributed by atoms with Crippen molar-refractivity contribution >= 4 is 34.3 Å². The highest BCUT2D eigenvalue weighted by atomic mass is 35.5. The van der Waals surface area contributed by atoms with Crippen molar-refractivity contribution in [3.05, 3.63) is 110 Å². The van der Waals surface area contributed by atoms with Gasteiger partial charge in [0, 0.05) is 17.0 Å². The number of halogens is 1. The number of aromatic carboxylic acids is 1. The fourth-order valence-electron chi connectivity index (χ4n) is 4.15. The van der Waals surface area contributed by atoms with E-state index in [1.54, 1.807) is 16.7 Å². The summed E-state index contributed by atoms with van der Waals surface area (Å²) in [7, 11) is 0. The second kappa shape index (κ2) is 9.92. The average molecular weight is 461 g/mol. The van der Waals surface area contributed by atoms with Gasteiger partial charge in [0.15, 0.2) is 0 Å². The Hall–Kier alpha value is -3.57. The summed E-state index contributed by atoms with van der Waals surface area (Å²) in [5, 5.41) is 10.5. The number of anilines is 1. The van der Waals surface area contributed by atoms with Gasteiger partial charge in [-0.25, -0.2) is 4.79 Å². The first-order valence-corrected chi connectivity index (χ1v) is 11.3. The Balaban J connectivity index is 1.69. The van der Waals surface area contributed by atoms with Crippen LogP contribution in [0.4, 0.5) is 5.82 Å². The van der Waals surface area contributed by atoms with E-state index in [-0.39, 0.29) is 5.82 Å². The Bertz CT molecular complexity index is 1350. The third kappa shape index (κ3) is 4.94. The number of nitrogens with two attached hydrogens (primary N) is 1. The number of aryl methyl sites for hydroxylation is 2. The topological polar surface area (TPSA) is 85.3 Å². The summed E-state index contributed by atoms with van der Waals surface area (Å²) in [6, 6.07) is 23.3. The molecule has 33 heavy (non-hydrogen) atoms. The number of carbonyl (C=O) groups is 1. The first-order chi connectivity index (χ1) is 16.0. The van der Waals surface area contributed by atoms with E-state index < -0.39 is 17.0 Å². The molecule has 6 heteroatoms. The standard InChI is InChI=1S/C27H25ClN2O3/c28-22-16-23-21(15-20(22)14-8-7-11-18-9-3-1-4-10-18)25(31)24(27(32)33)26(29)30(23)17-19-12-5-2-6-13-19/h1-6,9-10,12-13,15-16H,7-8,11,14,17,29H2,(H,32,33). The summed E-state index contributed by atoms with van der Waals surface area (Å²) in [6.45, 7) is 0.330. The number of fused-ring (bicyclic) bond motifs is 1. The Morgan fingerprint density at radius 1 is 0.909 bits per heavy atom. The minimum absolute atomic E-state index is 0.0736. The van der Waals surface area contributed by atoms with Crippen LogP contribution in [0.15, 0.2) is 77.6 Å². The lowest BCUT2D eigenvalue weighted by atomic mass is 10.0. The van der Waals surface area contributed by atoms with Crippen molar-refractivity contribution in [1.29, 1.82) is 0 Å². The van der Waals surface area contributed by atoms with E-state index in [4.69, 9.17) is 17.3 Å². The molecule has 0 aliphatic rings. The van der Waals surface area contributed by atoms with Crippen LogP contribution in [0.2, 0.25) is 5.02 Å². The maximum absolute atomic E-state index is 13.1. The molecule has 0 aliphatic heterocycles. The van der Waals surface area contributed by atoms with Crippen LogP contribution in [0, 0.1) is 0 Å². The quantitative estimate of drug-likeness (QED) is 0.337. The van der Waals surface area contributed by atoms with Crippen molar-refractivity contribution in [3.63, 3.8) is 0 Å². The number of nitrogen functional groups attached to an aromatic ring is 1. The summed E-state index contributed by atoms with van der Waals surface area (Å²) in [5.74, 6) is -1.41. The highest BCUT2D eigenvalue weighted by molar-refractivity contribution is 6.32. The van der Waals surface area contributed by atoms with Gasteiger partial charge in [-0.05, 0) is 54.5 Å². The van der Waals surface area contributed by atoms with Crippen molar-refractivity contribution in [2.24, 2.45) is 0 Å². The first kappa shape index (κ1) is 22.6. The molecule has 1 heterocycles. The monoisotopic (exact) mass is 460 g/mol. The molecular formula is C27H25ClN2O3. The predicted octanol–water partition coefficient (Wildman–Crippen LogP) is 5.55. The number of benzene rings is 3. The van der Waals surface area contributed by atoms with Gasteiger partial charge >= 0.3 is 5.97 Å². The smallest absolute Gasteiger partial charge is 0.343 e. The predicted molar refractivity (Wildman–Crippen MR) is 133 cm³/mol. The third-order valence-corrected chi connectivity index (χ3v) is 6.23. The van der Waals surface area contributed by atoms with E-state index in [9.17, 15) is 14.7 Å². The van der Waals surface area contributed by atoms with Gasteiger partial charge in [-0.1, -0.05) is 72.3 Å². The summed E-state index contributed by atoms with van der Waals surface area (Å²) >= 11 is 6.61. The maximum Gasteiger partial charge on any atom is 0.343 e. The highest BCUT2D eigenvalue weighted by Gasteiger charge is 2.21. The summed E-state index contributed by atoms with van der Waals surface area (Å²) in [5.41, 5.74) is 8.78. The van der Waals surface area contributed by atoms with Crippen molar-refractivity contribution < 1.29 is 9.90 Å². The second-order valence-electron chi connectivity index (χ2n) is 8.12. The van der Waals surface area contributed by atoms with Gasteiger partial charge in [-0.3, -0.25) is 4.79 Å². The molecule has 168 valence electrons. The minimum Gasteiger partial charge on any atom is -0.477 e. The van der Waals surface area contributed by atoms with Crippen molar-refractivity contribution in [2.45, 2.75) is 32.2 Å². The maximum atomic E-state index is 13.1. The number of unbranched alkanes of at least 4 members (excludes halogenated alkanes) is 1. The number of nitrogens with zero attached hydrogens (tertiary/aromatic N) is 1. The molecule has 4 aromatic rings. The first-order valence-electron chi connectivity index (χ1n) is 10.9.